The molecular weight excluding hydrogens is 592 g/mol. The maximum absolute atomic E-state index is 13.8. The third-order valence-electron chi connectivity index (χ3n) is 6.31. The molecule has 0 aromatic heterocycles. The average Bonchev–Trinajstić information content (AvgIpc) is 3.03. The van der Waals surface area contributed by atoms with Gasteiger partial charge in [0.25, 0.3) is 0 Å². The van der Waals surface area contributed by atoms with E-state index >= 15 is 0 Å². The summed E-state index contributed by atoms with van der Waals surface area (Å²) in [5.41, 5.74) is 1.36. The van der Waals surface area contributed by atoms with Crippen LogP contribution in [0.3, 0.4) is 0 Å². The first-order chi connectivity index (χ1) is 22.0. The van der Waals surface area contributed by atoms with Crippen molar-refractivity contribution in [1.82, 2.24) is 10.2 Å². The number of hydrogen-bond donors (Lipinski definition) is 1. The number of nitrogens with zero attached hydrogens (tertiary/aromatic N) is 1. The number of rotatable bonds is 15. The van der Waals surface area contributed by atoms with Gasteiger partial charge in [-0.3, -0.25) is 19.2 Å². The second kappa shape index (κ2) is 17.9. The largest absolute Gasteiger partial charge is 0.461 e. The normalized spacial score (nSPS) is 11.5. The topological polar surface area (TPSA) is 138 Å². The fourth-order valence-corrected chi connectivity index (χ4v) is 4.09. The smallest absolute Gasteiger partial charge is 0.408 e. The van der Waals surface area contributed by atoms with Crippen LogP contribution >= 0.6 is 0 Å². The van der Waals surface area contributed by atoms with Crippen LogP contribution in [0.2, 0.25) is 0 Å². The summed E-state index contributed by atoms with van der Waals surface area (Å²) in [5.74, 6) is -2.99. The summed E-state index contributed by atoms with van der Waals surface area (Å²) >= 11 is 0. The van der Waals surface area contributed by atoms with Gasteiger partial charge < -0.3 is 29.2 Å². The van der Waals surface area contributed by atoms with Crippen LogP contribution in [0.25, 0.3) is 0 Å². The molecule has 11 heteroatoms. The Morgan fingerprint density at radius 1 is 0.630 bits per heavy atom. The van der Waals surface area contributed by atoms with Crippen LogP contribution in [-0.4, -0.2) is 59.5 Å². The summed E-state index contributed by atoms with van der Waals surface area (Å²) in [6.07, 6.45) is -1.36. The first-order valence-electron chi connectivity index (χ1n) is 14.9. The van der Waals surface area contributed by atoms with Gasteiger partial charge in [0.2, 0.25) is 5.91 Å². The third kappa shape index (κ3) is 13.6. The third-order valence-corrected chi connectivity index (χ3v) is 6.31. The SMILES string of the molecule is CC(C)(C)OC(=O)NC(CCC(=O)OCc1ccccc1)C(=O)N(CC(=O)OCc1ccccc1)CC(=O)OCc1ccccc1. The Labute approximate surface area is 268 Å². The molecule has 3 aromatic carbocycles. The van der Waals surface area contributed by atoms with Crippen LogP contribution in [0.1, 0.15) is 50.3 Å². The molecule has 0 bridgehead atoms. The molecule has 0 heterocycles. The number of alkyl carbamates (subject to hydrolysis) is 1. The highest BCUT2D eigenvalue weighted by Crippen LogP contribution is 2.12. The highest BCUT2D eigenvalue weighted by Gasteiger charge is 2.31. The minimum atomic E-state index is -1.34. The van der Waals surface area contributed by atoms with Crippen molar-refractivity contribution in [2.75, 3.05) is 13.1 Å². The molecule has 0 fully saturated rings. The number of carbonyl (C=O) groups excluding carboxylic acids is 5. The van der Waals surface area contributed by atoms with E-state index in [1.165, 1.54) is 0 Å². The van der Waals surface area contributed by atoms with E-state index < -0.39 is 54.6 Å². The number of hydrogen-bond acceptors (Lipinski definition) is 9. The summed E-state index contributed by atoms with van der Waals surface area (Å²) in [7, 11) is 0. The second-order valence-electron chi connectivity index (χ2n) is 11.4. The van der Waals surface area contributed by atoms with Crippen molar-refractivity contribution in [2.45, 2.75) is 65.1 Å². The van der Waals surface area contributed by atoms with Gasteiger partial charge in [0.1, 0.15) is 44.6 Å². The van der Waals surface area contributed by atoms with Gasteiger partial charge in [-0.05, 0) is 43.9 Å². The van der Waals surface area contributed by atoms with Gasteiger partial charge >= 0.3 is 24.0 Å². The van der Waals surface area contributed by atoms with Gasteiger partial charge in [0, 0.05) is 6.42 Å². The van der Waals surface area contributed by atoms with E-state index in [2.05, 4.69) is 5.32 Å². The van der Waals surface area contributed by atoms with E-state index in [9.17, 15) is 24.0 Å². The number of ether oxygens (including phenoxy) is 4. The molecule has 1 N–H and O–H groups in total. The Balaban J connectivity index is 1.73. The molecule has 0 radical (unpaired) electrons. The Morgan fingerprint density at radius 3 is 1.41 bits per heavy atom. The second-order valence-corrected chi connectivity index (χ2v) is 11.4. The quantitative estimate of drug-likeness (QED) is 0.186. The van der Waals surface area contributed by atoms with Gasteiger partial charge in [0.15, 0.2) is 0 Å². The lowest BCUT2D eigenvalue weighted by Gasteiger charge is -2.28. The Hall–Kier alpha value is -5.19. The summed E-state index contributed by atoms with van der Waals surface area (Å²) in [6.45, 7) is 3.67. The maximum atomic E-state index is 13.8. The molecule has 1 unspecified atom stereocenters. The number of amides is 2. The summed E-state index contributed by atoms with van der Waals surface area (Å²) in [6, 6.07) is 25.6. The first-order valence-corrected chi connectivity index (χ1v) is 14.9. The predicted molar refractivity (Wildman–Crippen MR) is 168 cm³/mol. The fourth-order valence-electron chi connectivity index (χ4n) is 4.09. The van der Waals surface area contributed by atoms with E-state index in [0.717, 1.165) is 21.6 Å². The van der Waals surface area contributed by atoms with Crippen molar-refractivity contribution in [3.8, 4) is 0 Å². The summed E-state index contributed by atoms with van der Waals surface area (Å²) < 4.78 is 21.3. The van der Waals surface area contributed by atoms with Gasteiger partial charge in [-0.1, -0.05) is 91.0 Å². The summed E-state index contributed by atoms with van der Waals surface area (Å²) in [4.78, 5) is 65.8. The molecule has 2 amide bonds. The molecule has 46 heavy (non-hydrogen) atoms. The average molecular weight is 633 g/mol. The van der Waals surface area contributed by atoms with Crippen molar-refractivity contribution in [2.24, 2.45) is 0 Å². The number of carbonyl (C=O) groups is 5. The zero-order chi connectivity index (χ0) is 33.4. The molecule has 11 nitrogen and oxygen atoms in total. The van der Waals surface area contributed by atoms with Gasteiger partial charge in [0.05, 0.1) is 0 Å². The van der Waals surface area contributed by atoms with Gasteiger partial charge in [-0.15, -0.1) is 0 Å². The van der Waals surface area contributed by atoms with Crippen LogP contribution < -0.4 is 5.32 Å². The number of benzene rings is 3. The van der Waals surface area contributed by atoms with Crippen LogP contribution in [0.5, 0.6) is 0 Å². The van der Waals surface area contributed by atoms with Crippen molar-refractivity contribution in [3.05, 3.63) is 108 Å². The van der Waals surface area contributed by atoms with E-state index in [1.54, 1.807) is 81.4 Å². The fraction of sp³-hybridized carbons (Fsp3) is 0.343. The molecular formula is C35H40N2O9. The van der Waals surface area contributed by atoms with Crippen LogP contribution in [0, 0.1) is 0 Å². The molecule has 0 aliphatic heterocycles. The van der Waals surface area contributed by atoms with E-state index in [1.807, 2.05) is 30.3 Å². The lowest BCUT2D eigenvalue weighted by molar-refractivity contribution is -0.156. The highest BCUT2D eigenvalue weighted by molar-refractivity contribution is 5.91. The Bertz CT molecular complexity index is 1370. The monoisotopic (exact) mass is 632 g/mol. The van der Waals surface area contributed by atoms with Crippen LogP contribution in [0.15, 0.2) is 91.0 Å². The zero-order valence-corrected chi connectivity index (χ0v) is 26.3. The minimum Gasteiger partial charge on any atom is -0.461 e. The van der Waals surface area contributed by atoms with E-state index in [0.29, 0.717) is 0 Å². The summed E-state index contributed by atoms with van der Waals surface area (Å²) in [5, 5.41) is 2.48. The standard InChI is InChI=1S/C35H40N2O9/c1-35(2,3)46-34(42)36-29(19-20-30(38)43-23-26-13-7-4-8-14-26)33(41)37(21-31(39)44-24-27-15-9-5-10-16-27)22-32(40)45-25-28-17-11-6-12-18-28/h4-18,29H,19-25H2,1-3H3,(H,36,42). The molecule has 0 saturated carbocycles. The molecule has 0 aliphatic rings. The maximum Gasteiger partial charge on any atom is 0.408 e. The number of esters is 3. The van der Waals surface area contributed by atoms with E-state index in [4.69, 9.17) is 18.9 Å². The first kappa shape index (κ1) is 35.3. The lowest BCUT2D eigenvalue weighted by Crippen LogP contribution is -2.52. The Kier molecular flexibility index (Phi) is 13.8. The van der Waals surface area contributed by atoms with Crippen molar-refractivity contribution < 1.29 is 42.9 Å². The highest BCUT2D eigenvalue weighted by atomic mass is 16.6. The van der Waals surface area contributed by atoms with Crippen LogP contribution in [-0.2, 0) is 57.9 Å². The van der Waals surface area contributed by atoms with Gasteiger partial charge in [-0.25, -0.2) is 4.79 Å². The van der Waals surface area contributed by atoms with Crippen LogP contribution in [0.4, 0.5) is 4.79 Å². The minimum absolute atomic E-state index is 0.0322. The predicted octanol–water partition coefficient (Wildman–Crippen LogP) is 4.72. The van der Waals surface area contributed by atoms with Gasteiger partial charge in [-0.2, -0.15) is 0 Å². The molecule has 0 saturated heterocycles. The van der Waals surface area contributed by atoms with Crippen molar-refractivity contribution in [1.29, 1.82) is 0 Å². The molecule has 3 aromatic rings. The molecule has 0 aliphatic carbocycles. The number of nitrogens with one attached hydrogen (secondary N) is 1. The molecule has 3 rings (SSSR count). The molecule has 0 spiro atoms. The molecule has 1 atom stereocenters. The molecule has 244 valence electrons. The van der Waals surface area contributed by atoms with Crippen molar-refractivity contribution in [3.63, 3.8) is 0 Å². The Morgan fingerprint density at radius 2 is 1.02 bits per heavy atom. The van der Waals surface area contributed by atoms with E-state index in [-0.39, 0.29) is 32.7 Å². The zero-order valence-electron chi connectivity index (χ0n) is 26.3. The van der Waals surface area contributed by atoms with Crippen molar-refractivity contribution >= 4 is 29.9 Å². The lowest BCUT2D eigenvalue weighted by atomic mass is 10.1.